The highest BCUT2D eigenvalue weighted by atomic mass is 31.2. The van der Waals surface area contributed by atoms with Gasteiger partial charge >= 0.3 is 0 Å². The van der Waals surface area contributed by atoms with E-state index in [-0.39, 0.29) is 12.5 Å². The molecule has 0 aliphatic rings. The monoisotopic (exact) mass is 729 g/mol. The summed E-state index contributed by atoms with van der Waals surface area (Å²) in [5.41, 5.74) is 0. The van der Waals surface area contributed by atoms with Crippen LogP contribution in [0.2, 0.25) is 0 Å². The molecule has 0 aromatic heterocycles. The minimum atomic E-state index is -4.58. The molecular weight excluding hydrogens is 647 g/mol. The van der Waals surface area contributed by atoms with Gasteiger partial charge in [0.2, 0.25) is 5.91 Å². The largest absolute Gasteiger partial charge is 0.756 e. The van der Waals surface area contributed by atoms with E-state index >= 15 is 0 Å². The minimum absolute atomic E-state index is 0.00517. The molecule has 0 radical (unpaired) electrons. The van der Waals surface area contributed by atoms with Crippen molar-refractivity contribution >= 4 is 13.7 Å². The molecule has 3 unspecified atom stereocenters. The number of amides is 1. The van der Waals surface area contributed by atoms with Gasteiger partial charge in [0, 0.05) is 6.42 Å². The van der Waals surface area contributed by atoms with E-state index in [4.69, 9.17) is 9.05 Å². The number of unbranched alkanes of at least 4 members (excludes halogenated alkanes) is 22. The fourth-order valence-corrected chi connectivity index (χ4v) is 6.54. The maximum Gasteiger partial charge on any atom is 0.268 e. The van der Waals surface area contributed by atoms with Crippen molar-refractivity contribution in [1.29, 1.82) is 0 Å². The van der Waals surface area contributed by atoms with Gasteiger partial charge in [-0.15, -0.1) is 0 Å². The molecule has 0 bridgehead atoms. The molecule has 3 atom stereocenters. The van der Waals surface area contributed by atoms with Crippen LogP contribution in [0.3, 0.4) is 0 Å². The topological polar surface area (TPSA) is 108 Å². The van der Waals surface area contributed by atoms with Crippen LogP contribution in [-0.2, 0) is 18.4 Å². The zero-order chi connectivity index (χ0) is 37.2. The molecule has 0 saturated heterocycles. The van der Waals surface area contributed by atoms with Crippen LogP contribution in [0, 0.1) is 0 Å². The number of quaternary nitrogens is 1. The Balaban J connectivity index is 4.28. The second kappa shape index (κ2) is 33.8. The van der Waals surface area contributed by atoms with Gasteiger partial charge in [0.1, 0.15) is 13.2 Å². The van der Waals surface area contributed by atoms with Crippen LogP contribution in [-0.4, -0.2) is 68.5 Å². The van der Waals surface area contributed by atoms with Crippen molar-refractivity contribution in [3.63, 3.8) is 0 Å². The predicted octanol–water partition coefficient (Wildman–Crippen LogP) is 10.3. The summed E-state index contributed by atoms with van der Waals surface area (Å²) in [5.74, 6) is -0.217. The van der Waals surface area contributed by atoms with Crippen LogP contribution < -0.4 is 10.2 Å². The van der Waals surface area contributed by atoms with Crippen LogP contribution in [0.1, 0.15) is 181 Å². The Morgan fingerprint density at radius 2 is 1.12 bits per heavy atom. The van der Waals surface area contributed by atoms with Crippen molar-refractivity contribution in [2.24, 2.45) is 0 Å². The molecule has 2 N–H and O–H groups in total. The van der Waals surface area contributed by atoms with Crippen LogP contribution in [0.25, 0.3) is 0 Å². The Hall–Kier alpha value is -1.02. The lowest BCUT2D eigenvalue weighted by atomic mass is 10.0. The van der Waals surface area contributed by atoms with E-state index in [1.807, 2.05) is 27.2 Å². The zero-order valence-corrected chi connectivity index (χ0v) is 34.2. The van der Waals surface area contributed by atoms with Crippen LogP contribution in [0.5, 0.6) is 0 Å². The number of likely N-dealkylation sites (N-methyl/N-ethyl adjacent to an activating group) is 1. The third kappa shape index (κ3) is 35.4. The average Bonchev–Trinajstić information content (AvgIpc) is 3.06. The molecule has 0 heterocycles. The predicted molar refractivity (Wildman–Crippen MR) is 210 cm³/mol. The fraction of sp³-hybridized carbons (Fsp3) is 0.878. The highest BCUT2D eigenvalue weighted by Crippen LogP contribution is 2.38. The van der Waals surface area contributed by atoms with Gasteiger partial charge in [-0.2, -0.15) is 0 Å². The molecule has 0 rings (SSSR count). The summed E-state index contributed by atoms with van der Waals surface area (Å²) in [6.07, 6.45) is 38.4. The van der Waals surface area contributed by atoms with E-state index < -0.39 is 26.6 Å². The Bertz CT molecular complexity index is 876. The number of phosphoric ester groups is 1. The molecule has 9 heteroatoms. The summed E-state index contributed by atoms with van der Waals surface area (Å²) in [7, 11) is 1.24. The lowest BCUT2D eigenvalue weighted by Crippen LogP contribution is -2.45. The maximum atomic E-state index is 12.6. The molecule has 8 nitrogen and oxygen atoms in total. The molecule has 296 valence electrons. The standard InChI is InChI=1S/C41H81N2O6P/c1-6-8-10-12-14-15-16-17-18-19-20-21-22-23-24-25-26-27-28-29-30-32-34-40(44)39(42-41(45)35-33-31-13-11-9-7-2)38-49-50(46,47)48-37-36-43(3,4)5/h27-28,32,34,39-40,44H,6-26,29-31,33,35-38H2,1-5H3,(H-,42,45,46,47)/b28-27+,34-32+. The number of phosphoric acid groups is 1. The second-order valence-electron chi connectivity index (χ2n) is 15.3. The number of rotatable bonds is 37. The summed E-state index contributed by atoms with van der Waals surface area (Å²) in [4.78, 5) is 25.0. The van der Waals surface area contributed by atoms with E-state index in [9.17, 15) is 19.4 Å². The third-order valence-corrected chi connectivity index (χ3v) is 10.1. The van der Waals surface area contributed by atoms with Crippen molar-refractivity contribution in [3.8, 4) is 0 Å². The smallest absolute Gasteiger partial charge is 0.268 e. The van der Waals surface area contributed by atoms with Gasteiger partial charge < -0.3 is 28.8 Å². The van der Waals surface area contributed by atoms with E-state index in [1.165, 1.54) is 122 Å². The second-order valence-corrected chi connectivity index (χ2v) is 16.8. The number of aliphatic hydroxyl groups excluding tert-OH is 1. The number of allylic oxidation sites excluding steroid dienone is 3. The number of hydrogen-bond donors (Lipinski definition) is 2. The summed E-state index contributed by atoms with van der Waals surface area (Å²) in [6, 6.07) is -0.895. The lowest BCUT2D eigenvalue weighted by Gasteiger charge is -2.29. The Labute approximate surface area is 309 Å². The first-order valence-corrected chi connectivity index (χ1v) is 22.2. The van der Waals surface area contributed by atoms with Crippen LogP contribution in [0.4, 0.5) is 0 Å². The van der Waals surface area contributed by atoms with Crippen molar-refractivity contribution < 1.29 is 32.9 Å². The molecule has 0 spiro atoms. The number of aliphatic hydroxyl groups is 1. The Morgan fingerprint density at radius 3 is 1.62 bits per heavy atom. The van der Waals surface area contributed by atoms with Gasteiger partial charge in [-0.3, -0.25) is 9.36 Å². The molecule has 0 aliphatic carbocycles. The molecule has 0 aliphatic heterocycles. The highest BCUT2D eigenvalue weighted by molar-refractivity contribution is 7.45. The summed E-state index contributed by atoms with van der Waals surface area (Å²) in [5, 5.41) is 13.6. The number of carbonyl (C=O) groups excluding carboxylic acids is 1. The quantitative estimate of drug-likeness (QED) is 0.0285. The maximum absolute atomic E-state index is 12.6. The van der Waals surface area contributed by atoms with Crippen molar-refractivity contribution in [2.45, 2.75) is 193 Å². The number of carbonyl (C=O) groups is 1. The molecule has 0 aromatic rings. The first kappa shape index (κ1) is 49.0. The molecular formula is C41H81N2O6P. The first-order chi connectivity index (χ1) is 24.0. The van der Waals surface area contributed by atoms with Crippen LogP contribution in [0.15, 0.2) is 24.3 Å². The summed E-state index contributed by atoms with van der Waals surface area (Å²) < 4.78 is 23.0. The summed E-state index contributed by atoms with van der Waals surface area (Å²) in [6.45, 7) is 4.55. The SMILES string of the molecule is CCCCCCCCCCCCCCCCCC/C=C/CC/C=C/C(O)C(COP(=O)([O-])OCC[N+](C)(C)C)NC(=O)CCCCCCCC. The van der Waals surface area contributed by atoms with Gasteiger partial charge in [-0.05, 0) is 32.1 Å². The van der Waals surface area contributed by atoms with Crippen LogP contribution >= 0.6 is 7.82 Å². The fourth-order valence-electron chi connectivity index (χ4n) is 5.81. The van der Waals surface area contributed by atoms with Gasteiger partial charge in [-0.1, -0.05) is 167 Å². The first-order valence-electron chi connectivity index (χ1n) is 20.7. The van der Waals surface area contributed by atoms with Gasteiger partial charge in [0.05, 0.1) is 39.9 Å². The van der Waals surface area contributed by atoms with Gasteiger partial charge in [0.15, 0.2) is 0 Å². The number of hydrogen-bond acceptors (Lipinski definition) is 6. The summed E-state index contributed by atoms with van der Waals surface area (Å²) >= 11 is 0. The van der Waals surface area contributed by atoms with Crippen molar-refractivity contribution in [3.05, 3.63) is 24.3 Å². The molecule has 0 aromatic carbocycles. The lowest BCUT2D eigenvalue weighted by molar-refractivity contribution is -0.870. The number of nitrogens with one attached hydrogen (secondary N) is 1. The Kier molecular flexibility index (Phi) is 33.1. The number of nitrogens with zero attached hydrogens (tertiary/aromatic N) is 1. The zero-order valence-electron chi connectivity index (χ0n) is 33.4. The molecule has 1 amide bonds. The molecule has 50 heavy (non-hydrogen) atoms. The minimum Gasteiger partial charge on any atom is -0.756 e. The van der Waals surface area contributed by atoms with Gasteiger partial charge in [-0.25, -0.2) is 0 Å². The molecule has 0 saturated carbocycles. The van der Waals surface area contributed by atoms with E-state index in [1.54, 1.807) is 6.08 Å². The van der Waals surface area contributed by atoms with E-state index in [0.717, 1.165) is 38.5 Å². The third-order valence-electron chi connectivity index (χ3n) is 9.16. The Morgan fingerprint density at radius 1 is 0.680 bits per heavy atom. The van der Waals surface area contributed by atoms with E-state index in [2.05, 4.69) is 31.3 Å². The van der Waals surface area contributed by atoms with Crippen molar-refractivity contribution in [1.82, 2.24) is 5.32 Å². The molecule has 0 fully saturated rings. The average molecular weight is 729 g/mol. The van der Waals surface area contributed by atoms with Crippen molar-refractivity contribution in [2.75, 3.05) is 40.9 Å². The highest BCUT2D eigenvalue weighted by Gasteiger charge is 2.23. The van der Waals surface area contributed by atoms with Gasteiger partial charge in [0.25, 0.3) is 7.82 Å². The normalized spacial score (nSPS) is 14.8. The van der Waals surface area contributed by atoms with E-state index in [0.29, 0.717) is 17.4 Å².